The number of allylic oxidation sites excluding steroid dienone is 4. The van der Waals surface area contributed by atoms with Crippen LogP contribution in [0, 0.1) is 0 Å². The average Bonchev–Trinajstić information content (AvgIpc) is 3.22. The van der Waals surface area contributed by atoms with Gasteiger partial charge >= 0.3 is 5.97 Å². The fourth-order valence-electron chi connectivity index (χ4n) is 7.83. The molecule has 0 heterocycles. The second kappa shape index (κ2) is 46.4. The van der Waals surface area contributed by atoms with E-state index in [0.717, 1.165) is 64.2 Å². The van der Waals surface area contributed by atoms with Gasteiger partial charge < -0.3 is 20.3 Å². The number of nitrogens with one attached hydrogen (secondary N) is 1. The topological polar surface area (TPSA) is 95.9 Å². The maximum absolute atomic E-state index is 13.2. The molecule has 0 aromatic carbocycles. The number of carbonyl (C=O) groups is 2. The minimum Gasteiger partial charge on any atom is -0.462 e. The quantitative estimate of drug-likeness (QED) is 0.0323. The minimum atomic E-state index is -0.785. The Balaban J connectivity index is 4.53. The Labute approximate surface area is 361 Å². The molecule has 0 fully saturated rings. The number of carbonyl (C=O) groups excluding carboxylic acids is 2. The van der Waals surface area contributed by atoms with Crippen LogP contribution in [0.2, 0.25) is 0 Å². The summed E-state index contributed by atoms with van der Waals surface area (Å²) >= 11 is 0. The van der Waals surface area contributed by atoms with Crippen molar-refractivity contribution in [2.24, 2.45) is 0 Å². The molecule has 0 aromatic rings. The predicted molar refractivity (Wildman–Crippen MR) is 250 cm³/mol. The molecule has 0 aromatic heterocycles. The van der Waals surface area contributed by atoms with Crippen molar-refractivity contribution in [1.82, 2.24) is 5.32 Å². The number of ether oxygens (including phenoxy) is 1. The highest BCUT2D eigenvalue weighted by Crippen LogP contribution is 2.18. The van der Waals surface area contributed by atoms with E-state index in [9.17, 15) is 19.8 Å². The van der Waals surface area contributed by atoms with Gasteiger partial charge in [-0.15, -0.1) is 0 Å². The van der Waals surface area contributed by atoms with Crippen LogP contribution in [0.4, 0.5) is 0 Å². The van der Waals surface area contributed by atoms with Gasteiger partial charge in [-0.05, 0) is 77.0 Å². The van der Waals surface area contributed by atoms with E-state index in [0.29, 0.717) is 19.3 Å². The van der Waals surface area contributed by atoms with Crippen LogP contribution in [0.3, 0.4) is 0 Å². The van der Waals surface area contributed by atoms with Crippen LogP contribution in [0.15, 0.2) is 24.3 Å². The van der Waals surface area contributed by atoms with Gasteiger partial charge in [0.05, 0.1) is 25.2 Å². The first kappa shape index (κ1) is 56.3. The summed E-state index contributed by atoms with van der Waals surface area (Å²) in [6.45, 7) is 6.45. The van der Waals surface area contributed by atoms with E-state index >= 15 is 0 Å². The minimum absolute atomic E-state index is 0.0737. The lowest BCUT2D eigenvalue weighted by atomic mass is 10.0. The summed E-state index contributed by atoms with van der Waals surface area (Å²) < 4.78 is 5.93. The largest absolute Gasteiger partial charge is 0.462 e. The molecular formula is C52H99NO5. The molecular weight excluding hydrogens is 719 g/mol. The summed E-state index contributed by atoms with van der Waals surface area (Å²) in [5.74, 6) is -0.478. The van der Waals surface area contributed by atoms with Crippen LogP contribution >= 0.6 is 0 Å². The number of hydrogen-bond acceptors (Lipinski definition) is 5. The summed E-state index contributed by atoms with van der Waals surface area (Å²) in [4.78, 5) is 26.1. The van der Waals surface area contributed by atoms with Gasteiger partial charge in [0.15, 0.2) is 0 Å². The van der Waals surface area contributed by atoms with Crippen LogP contribution in [-0.2, 0) is 14.3 Å². The molecule has 342 valence electrons. The van der Waals surface area contributed by atoms with Gasteiger partial charge in [-0.2, -0.15) is 0 Å². The zero-order valence-corrected chi connectivity index (χ0v) is 38.9. The molecule has 3 N–H and O–H groups in total. The van der Waals surface area contributed by atoms with Crippen LogP contribution < -0.4 is 5.32 Å². The van der Waals surface area contributed by atoms with Crippen molar-refractivity contribution in [1.29, 1.82) is 0 Å². The van der Waals surface area contributed by atoms with Crippen molar-refractivity contribution in [2.75, 3.05) is 6.61 Å². The fraction of sp³-hybridized carbons (Fsp3) is 0.885. The van der Waals surface area contributed by atoms with Gasteiger partial charge in [-0.1, -0.05) is 206 Å². The molecule has 58 heavy (non-hydrogen) atoms. The van der Waals surface area contributed by atoms with Gasteiger partial charge in [-0.25, -0.2) is 0 Å². The van der Waals surface area contributed by atoms with Crippen molar-refractivity contribution >= 4 is 11.9 Å². The van der Waals surface area contributed by atoms with Gasteiger partial charge in [0.1, 0.15) is 6.10 Å². The zero-order valence-electron chi connectivity index (χ0n) is 38.9. The maximum atomic E-state index is 13.2. The standard InChI is InChI=1S/C52H99NO5/c1-4-7-10-13-16-19-21-23-24-25-26-28-30-33-36-39-42-45-52(57)58-48(43-40-37-34-32-29-27-22-20-17-14-11-8-5-2)46-51(56)53-49(47-54)50(55)44-41-38-35-31-18-15-12-9-6-3/h20,22-24,48-50,54-55H,4-19,21,25-47H2,1-3H3,(H,53,56)/b22-20-,24-23+. The normalized spacial score (nSPS) is 13.4. The third-order valence-corrected chi connectivity index (χ3v) is 11.8. The molecule has 0 aliphatic carbocycles. The van der Waals surface area contributed by atoms with E-state index < -0.39 is 18.2 Å². The van der Waals surface area contributed by atoms with Crippen LogP contribution in [0.1, 0.15) is 271 Å². The van der Waals surface area contributed by atoms with Gasteiger partial charge in [0.25, 0.3) is 0 Å². The van der Waals surface area contributed by atoms with Gasteiger partial charge in [0, 0.05) is 6.42 Å². The van der Waals surface area contributed by atoms with Crippen molar-refractivity contribution < 1.29 is 24.5 Å². The zero-order chi connectivity index (χ0) is 42.4. The molecule has 0 saturated carbocycles. The SMILES string of the molecule is CCCCCC/C=C\CCCCCCCC(CC(=O)NC(CO)C(O)CCCCCCCCCCC)OC(=O)CCCCCCCCC/C=C/CCCCCCCC. The fourth-order valence-corrected chi connectivity index (χ4v) is 7.83. The van der Waals surface area contributed by atoms with Crippen molar-refractivity contribution in [3.63, 3.8) is 0 Å². The second-order valence-electron chi connectivity index (χ2n) is 17.6. The molecule has 3 atom stereocenters. The Morgan fingerprint density at radius 1 is 0.483 bits per heavy atom. The summed E-state index contributed by atoms with van der Waals surface area (Å²) in [6.07, 6.45) is 52.4. The molecule has 0 aliphatic rings. The first-order valence-electron chi connectivity index (χ1n) is 25.6. The van der Waals surface area contributed by atoms with E-state index in [-0.39, 0.29) is 24.9 Å². The molecule has 6 heteroatoms. The molecule has 1 amide bonds. The number of unbranched alkanes of at least 4 members (excludes halogenated alkanes) is 30. The number of hydrogen-bond donors (Lipinski definition) is 3. The lowest BCUT2D eigenvalue weighted by molar-refractivity contribution is -0.151. The predicted octanol–water partition coefficient (Wildman–Crippen LogP) is 15.1. The van der Waals surface area contributed by atoms with E-state index in [1.807, 2.05) is 0 Å². The Bertz CT molecular complexity index is 919. The maximum Gasteiger partial charge on any atom is 0.306 e. The third-order valence-electron chi connectivity index (χ3n) is 11.8. The molecule has 0 rings (SSSR count). The van der Waals surface area contributed by atoms with Gasteiger partial charge in [-0.3, -0.25) is 9.59 Å². The lowest BCUT2D eigenvalue weighted by Crippen LogP contribution is -2.46. The highest BCUT2D eigenvalue weighted by atomic mass is 16.5. The Morgan fingerprint density at radius 3 is 1.24 bits per heavy atom. The average molecular weight is 818 g/mol. The Kier molecular flexibility index (Phi) is 45.1. The third kappa shape index (κ3) is 41.1. The molecule has 0 bridgehead atoms. The monoisotopic (exact) mass is 818 g/mol. The van der Waals surface area contributed by atoms with Crippen molar-refractivity contribution in [2.45, 2.75) is 289 Å². The number of aliphatic hydroxyl groups excluding tert-OH is 2. The molecule has 6 nitrogen and oxygen atoms in total. The number of rotatable bonds is 46. The lowest BCUT2D eigenvalue weighted by Gasteiger charge is -2.24. The molecule has 0 radical (unpaired) electrons. The van der Waals surface area contributed by atoms with E-state index in [1.165, 1.54) is 161 Å². The second-order valence-corrected chi connectivity index (χ2v) is 17.6. The van der Waals surface area contributed by atoms with Crippen molar-refractivity contribution in [3.05, 3.63) is 24.3 Å². The van der Waals surface area contributed by atoms with E-state index in [1.54, 1.807) is 0 Å². The van der Waals surface area contributed by atoms with Crippen molar-refractivity contribution in [3.8, 4) is 0 Å². The first-order valence-corrected chi connectivity index (χ1v) is 25.6. The smallest absolute Gasteiger partial charge is 0.306 e. The number of aliphatic hydroxyl groups is 2. The van der Waals surface area contributed by atoms with Gasteiger partial charge in [0.2, 0.25) is 5.91 Å². The van der Waals surface area contributed by atoms with Crippen LogP contribution in [0.25, 0.3) is 0 Å². The molecule has 3 unspecified atom stereocenters. The summed E-state index contributed by atoms with van der Waals surface area (Å²) in [5.41, 5.74) is 0. The van der Waals surface area contributed by atoms with E-state index in [2.05, 4.69) is 50.4 Å². The Morgan fingerprint density at radius 2 is 0.828 bits per heavy atom. The Hall–Kier alpha value is -1.66. The van der Waals surface area contributed by atoms with E-state index in [4.69, 9.17) is 4.74 Å². The highest BCUT2D eigenvalue weighted by Gasteiger charge is 2.24. The molecule has 0 aliphatic heterocycles. The number of esters is 1. The molecule has 0 spiro atoms. The molecule has 0 saturated heterocycles. The summed E-state index contributed by atoms with van der Waals surface area (Å²) in [6, 6.07) is -0.699. The highest BCUT2D eigenvalue weighted by molar-refractivity contribution is 5.77. The summed E-state index contributed by atoms with van der Waals surface area (Å²) in [7, 11) is 0. The summed E-state index contributed by atoms with van der Waals surface area (Å²) in [5, 5.41) is 23.7. The van der Waals surface area contributed by atoms with Crippen LogP contribution in [-0.4, -0.2) is 46.9 Å². The number of amides is 1. The first-order chi connectivity index (χ1) is 28.5. The van der Waals surface area contributed by atoms with Crippen LogP contribution in [0.5, 0.6) is 0 Å².